The maximum atomic E-state index is 12.7. The van der Waals surface area contributed by atoms with E-state index in [1.54, 1.807) is 25.3 Å². The molecule has 1 aromatic carbocycles. The lowest BCUT2D eigenvalue weighted by Crippen LogP contribution is -2.41. The van der Waals surface area contributed by atoms with Gasteiger partial charge in [-0.2, -0.15) is 5.10 Å². The predicted octanol–water partition coefficient (Wildman–Crippen LogP) is 3.12. The highest BCUT2D eigenvalue weighted by molar-refractivity contribution is 6.46. The summed E-state index contributed by atoms with van der Waals surface area (Å²) in [6.07, 6.45) is 1.67. The molecular formula is C19H18ClN3O3. The zero-order valence-corrected chi connectivity index (χ0v) is 15.4. The van der Waals surface area contributed by atoms with E-state index >= 15 is 0 Å². The molecule has 0 saturated carbocycles. The second-order valence-electron chi connectivity index (χ2n) is 6.06. The Morgan fingerprint density at radius 2 is 1.96 bits per heavy atom. The molecule has 2 aromatic rings. The van der Waals surface area contributed by atoms with Crippen molar-refractivity contribution in [3.63, 3.8) is 0 Å². The highest BCUT2D eigenvalue weighted by atomic mass is 35.5. The number of Topliss-reactive ketones (excluding diaryl/α,β-unsaturated/α-hetero) is 1. The lowest BCUT2D eigenvalue weighted by molar-refractivity contribution is -0.136. The molecule has 0 bridgehead atoms. The number of amides is 1. The Hall–Kier alpha value is -2.73. The Balaban J connectivity index is 2.04. The molecule has 134 valence electrons. The van der Waals surface area contributed by atoms with Gasteiger partial charge in [0, 0.05) is 23.8 Å². The van der Waals surface area contributed by atoms with Gasteiger partial charge >= 0.3 is 0 Å². The smallest absolute Gasteiger partial charge is 0.258 e. The number of carbonyl (C=O) groups is 2. The van der Waals surface area contributed by atoms with Gasteiger partial charge in [0.15, 0.2) is 5.78 Å². The number of hydrazone groups is 1. The van der Waals surface area contributed by atoms with E-state index in [1.165, 1.54) is 12.1 Å². The normalized spacial score (nSPS) is 17.3. The van der Waals surface area contributed by atoms with E-state index in [9.17, 15) is 9.59 Å². The Morgan fingerprint density at radius 1 is 1.19 bits per heavy atom. The maximum absolute atomic E-state index is 12.7. The number of ether oxygens (including phenoxy) is 1. The molecule has 3 rings (SSSR count). The summed E-state index contributed by atoms with van der Waals surface area (Å²) >= 11 is 6.38. The maximum Gasteiger partial charge on any atom is 0.258 e. The van der Waals surface area contributed by atoms with Crippen LogP contribution in [-0.2, 0) is 16.2 Å². The van der Waals surface area contributed by atoms with Crippen LogP contribution in [0.25, 0.3) is 0 Å². The molecule has 0 fully saturated rings. The van der Waals surface area contributed by atoms with E-state index in [0.29, 0.717) is 16.3 Å². The molecule has 1 aromatic heterocycles. The highest BCUT2D eigenvalue weighted by Gasteiger charge is 2.40. The summed E-state index contributed by atoms with van der Waals surface area (Å²) in [4.78, 5) is 29.5. The summed E-state index contributed by atoms with van der Waals surface area (Å²) < 4.78 is 5.95. The zero-order chi connectivity index (χ0) is 18.8. The average molecular weight is 372 g/mol. The average Bonchev–Trinajstić information content (AvgIpc) is 2.63. The molecule has 0 N–H and O–H groups in total. The number of ketones is 1. The number of likely N-dealkylation sites (N-methyl/N-ethyl adjacent to an activating group) is 1. The number of nitrogens with zero attached hydrogens (tertiary/aromatic N) is 3. The van der Waals surface area contributed by atoms with Crippen molar-refractivity contribution in [1.82, 2.24) is 9.99 Å². The van der Waals surface area contributed by atoms with Crippen LogP contribution in [0.2, 0.25) is 5.02 Å². The van der Waals surface area contributed by atoms with Crippen molar-refractivity contribution in [1.29, 1.82) is 0 Å². The summed E-state index contributed by atoms with van der Waals surface area (Å²) in [6, 6.07) is 8.97. The first-order valence-corrected chi connectivity index (χ1v) is 8.46. The first-order chi connectivity index (χ1) is 12.4. The highest BCUT2D eigenvalue weighted by Crippen LogP contribution is 2.39. The predicted molar refractivity (Wildman–Crippen MR) is 98.4 cm³/mol. The molecule has 7 heteroatoms. The fourth-order valence-electron chi connectivity index (χ4n) is 2.86. The summed E-state index contributed by atoms with van der Waals surface area (Å²) in [5.41, 5.74) is 2.14. The second kappa shape index (κ2) is 7.25. The lowest BCUT2D eigenvalue weighted by Gasteiger charge is -2.27. The fourth-order valence-corrected chi connectivity index (χ4v) is 3.12. The molecule has 1 unspecified atom stereocenters. The lowest BCUT2D eigenvalue weighted by atomic mass is 9.88. The molecule has 1 atom stereocenters. The molecule has 1 amide bonds. The van der Waals surface area contributed by atoms with Crippen LogP contribution in [0.5, 0.6) is 5.75 Å². The number of hydrogen-bond donors (Lipinski definition) is 0. The molecule has 0 aliphatic carbocycles. The standard InChI is InChI=1S/C19H18ClN3O3/c1-11-7-8-14(20)15(16-17(24)12(2)22-23(3)19(16)25)18(11)26-10-13-6-4-5-9-21-13/h4-9,16H,10H2,1-3H3. The molecule has 0 saturated heterocycles. The van der Waals surface area contributed by atoms with Crippen LogP contribution in [0, 0.1) is 6.92 Å². The van der Waals surface area contributed by atoms with Crippen LogP contribution in [0.15, 0.2) is 41.6 Å². The zero-order valence-electron chi connectivity index (χ0n) is 14.7. The minimum Gasteiger partial charge on any atom is -0.487 e. The van der Waals surface area contributed by atoms with Gasteiger partial charge in [0.2, 0.25) is 0 Å². The number of aryl methyl sites for hydroxylation is 1. The summed E-state index contributed by atoms with van der Waals surface area (Å²) in [5, 5.41) is 5.43. The summed E-state index contributed by atoms with van der Waals surface area (Å²) in [6.45, 7) is 3.62. The van der Waals surface area contributed by atoms with Gasteiger partial charge in [-0.05, 0) is 37.6 Å². The summed E-state index contributed by atoms with van der Waals surface area (Å²) in [7, 11) is 1.52. The van der Waals surface area contributed by atoms with Crippen molar-refractivity contribution < 1.29 is 14.3 Å². The van der Waals surface area contributed by atoms with Gasteiger partial charge in [-0.3, -0.25) is 14.6 Å². The van der Waals surface area contributed by atoms with E-state index < -0.39 is 11.8 Å². The first kappa shape index (κ1) is 18.1. The number of aromatic nitrogens is 1. The van der Waals surface area contributed by atoms with Crippen molar-refractivity contribution in [2.75, 3.05) is 7.05 Å². The Kier molecular flexibility index (Phi) is 5.04. The van der Waals surface area contributed by atoms with Gasteiger partial charge in [-0.15, -0.1) is 0 Å². The van der Waals surface area contributed by atoms with Gasteiger partial charge in [-0.25, -0.2) is 5.01 Å². The molecule has 0 radical (unpaired) electrons. The number of rotatable bonds is 4. The Labute approximate surface area is 156 Å². The van der Waals surface area contributed by atoms with Crippen LogP contribution in [-0.4, -0.2) is 34.4 Å². The molecular weight excluding hydrogens is 354 g/mol. The van der Waals surface area contributed by atoms with E-state index in [0.717, 1.165) is 11.3 Å². The van der Waals surface area contributed by atoms with Crippen molar-refractivity contribution in [2.45, 2.75) is 26.4 Å². The van der Waals surface area contributed by atoms with Gasteiger partial charge in [0.05, 0.1) is 5.69 Å². The fraction of sp³-hybridized carbons (Fsp3) is 0.263. The van der Waals surface area contributed by atoms with Crippen LogP contribution < -0.4 is 4.74 Å². The van der Waals surface area contributed by atoms with E-state index in [2.05, 4.69) is 10.1 Å². The van der Waals surface area contributed by atoms with E-state index in [4.69, 9.17) is 16.3 Å². The minimum atomic E-state index is -1.07. The monoisotopic (exact) mass is 371 g/mol. The number of pyridine rings is 1. The molecule has 0 spiro atoms. The van der Waals surface area contributed by atoms with Crippen LogP contribution >= 0.6 is 11.6 Å². The van der Waals surface area contributed by atoms with Gasteiger partial charge in [0.1, 0.15) is 24.0 Å². The number of halogens is 1. The Bertz CT molecular complexity index is 896. The first-order valence-electron chi connectivity index (χ1n) is 8.09. The third-order valence-electron chi connectivity index (χ3n) is 4.20. The van der Waals surface area contributed by atoms with Crippen LogP contribution in [0.4, 0.5) is 0 Å². The van der Waals surface area contributed by atoms with Crippen molar-refractivity contribution in [2.24, 2.45) is 5.10 Å². The topological polar surface area (TPSA) is 71.9 Å². The number of hydrogen-bond acceptors (Lipinski definition) is 5. The Morgan fingerprint density at radius 3 is 2.65 bits per heavy atom. The van der Waals surface area contributed by atoms with E-state index in [-0.39, 0.29) is 18.1 Å². The van der Waals surface area contributed by atoms with Crippen molar-refractivity contribution in [3.8, 4) is 5.75 Å². The third kappa shape index (κ3) is 3.32. The minimum absolute atomic E-state index is 0.201. The number of carbonyl (C=O) groups excluding carboxylic acids is 2. The SMILES string of the molecule is CC1=NN(C)C(=O)C(c2c(Cl)ccc(C)c2OCc2ccccn2)C1=O. The molecule has 6 nitrogen and oxygen atoms in total. The van der Waals surface area contributed by atoms with Crippen LogP contribution in [0.1, 0.15) is 29.7 Å². The quantitative estimate of drug-likeness (QED) is 0.774. The molecule has 1 aliphatic heterocycles. The second-order valence-corrected chi connectivity index (χ2v) is 6.47. The molecule has 1 aliphatic rings. The summed E-state index contributed by atoms with van der Waals surface area (Å²) in [5.74, 6) is -1.44. The number of benzene rings is 1. The van der Waals surface area contributed by atoms with Gasteiger partial charge in [0.25, 0.3) is 5.91 Å². The van der Waals surface area contributed by atoms with E-state index in [1.807, 2.05) is 25.1 Å². The van der Waals surface area contributed by atoms with Gasteiger partial charge < -0.3 is 4.74 Å². The molecule has 2 heterocycles. The molecule has 26 heavy (non-hydrogen) atoms. The van der Waals surface area contributed by atoms with Crippen molar-refractivity contribution >= 4 is 29.0 Å². The third-order valence-corrected chi connectivity index (χ3v) is 4.53. The van der Waals surface area contributed by atoms with Crippen molar-refractivity contribution in [3.05, 3.63) is 58.4 Å². The largest absolute Gasteiger partial charge is 0.487 e. The van der Waals surface area contributed by atoms with Gasteiger partial charge in [-0.1, -0.05) is 23.7 Å². The van der Waals surface area contributed by atoms with Crippen LogP contribution in [0.3, 0.4) is 0 Å².